The van der Waals surface area contributed by atoms with E-state index in [0.29, 0.717) is 10.0 Å². The van der Waals surface area contributed by atoms with Crippen molar-refractivity contribution in [2.24, 2.45) is 5.92 Å². The first-order chi connectivity index (χ1) is 7.74. The minimum atomic E-state index is 0.681. The molecule has 0 atom stereocenters. The summed E-state index contributed by atoms with van der Waals surface area (Å²) < 4.78 is 0. The van der Waals surface area contributed by atoms with E-state index >= 15 is 0 Å². The molecule has 0 aromatic heterocycles. The topological polar surface area (TPSA) is 24.1 Å². The van der Waals surface area contributed by atoms with Crippen LogP contribution in [-0.4, -0.2) is 19.6 Å². The molecule has 2 N–H and O–H groups in total. The molecule has 2 rings (SSSR count). The van der Waals surface area contributed by atoms with Crippen molar-refractivity contribution in [2.45, 2.75) is 12.8 Å². The molecule has 1 saturated heterocycles. The van der Waals surface area contributed by atoms with E-state index in [9.17, 15) is 0 Å². The van der Waals surface area contributed by atoms with E-state index in [1.54, 1.807) is 6.07 Å². The largest absolute Gasteiger partial charge is 0.385 e. The highest BCUT2D eigenvalue weighted by molar-refractivity contribution is 6.35. The van der Waals surface area contributed by atoms with E-state index in [0.717, 1.165) is 31.2 Å². The van der Waals surface area contributed by atoms with Gasteiger partial charge < -0.3 is 10.6 Å². The van der Waals surface area contributed by atoms with Crippen LogP contribution in [0.5, 0.6) is 0 Å². The van der Waals surface area contributed by atoms with E-state index in [4.69, 9.17) is 23.2 Å². The van der Waals surface area contributed by atoms with Crippen molar-refractivity contribution in [3.05, 3.63) is 28.2 Å². The van der Waals surface area contributed by atoms with Gasteiger partial charge in [0.05, 0.1) is 0 Å². The SMILES string of the molecule is Clc1cc(Cl)cc(NCC2CCNCC2)c1. The molecule has 1 aliphatic rings. The monoisotopic (exact) mass is 258 g/mol. The quantitative estimate of drug-likeness (QED) is 0.869. The van der Waals surface area contributed by atoms with Crippen LogP contribution < -0.4 is 10.6 Å². The van der Waals surface area contributed by atoms with Gasteiger partial charge in [0, 0.05) is 22.3 Å². The van der Waals surface area contributed by atoms with E-state index in [-0.39, 0.29) is 0 Å². The summed E-state index contributed by atoms with van der Waals surface area (Å²) in [6, 6.07) is 5.57. The fraction of sp³-hybridized carbons (Fsp3) is 0.500. The van der Waals surface area contributed by atoms with Crippen molar-refractivity contribution >= 4 is 28.9 Å². The standard InChI is InChI=1S/C12H16Cl2N2/c13-10-5-11(14)7-12(6-10)16-8-9-1-3-15-4-2-9/h5-7,9,15-16H,1-4,8H2. The zero-order chi connectivity index (χ0) is 11.4. The third kappa shape index (κ3) is 3.55. The molecule has 0 spiro atoms. The van der Waals surface area contributed by atoms with E-state index < -0.39 is 0 Å². The second kappa shape index (κ2) is 5.76. The molecule has 0 amide bonds. The van der Waals surface area contributed by atoms with Crippen molar-refractivity contribution in [1.82, 2.24) is 5.32 Å². The molecule has 0 saturated carbocycles. The molecule has 2 nitrogen and oxygen atoms in total. The lowest BCUT2D eigenvalue weighted by atomic mass is 9.98. The Balaban J connectivity index is 1.88. The molecule has 1 aromatic carbocycles. The summed E-state index contributed by atoms with van der Waals surface area (Å²) in [5.41, 5.74) is 1.01. The highest BCUT2D eigenvalue weighted by Crippen LogP contribution is 2.23. The van der Waals surface area contributed by atoms with Crippen LogP contribution in [0.25, 0.3) is 0 Å². The summed E-state index contributed by atoms with van der Waals surface area (Å²) in [5, 5.41) is 8.12. The lowest BCUT2D eigenvalue weighted by Crippen LogP contribution is -2.31. The van der Waals surface area contributed by atoms with Gasteiger partial charge in [0.25, 0.3) is 0 Å². The number of nitrogens with one attached hydrogen (secondary N) is 2. The molecule has 1 aromatic rings. The maximum absolute atomic E-state index is 5.94. The second-order valence-electron chi connectivity index (χ2n) is 4.23. The number of piperidine rings is 1. The molecule has 0 aliphatic carbocycles. The van der Waals surface area contributed by atoms with Crippen molar-refractivity contribution in [2.75, 3.05) is 25.0 Å². The lowest BCUT2D eigenvalue weighted by molar-refractivity contribution is 0.390. The van der Waals surface area contributed by atoms with Crippen LogP contribution in [0.4, 0.5) is 5.69 Å². The predicted molar refractivity (Wildman–Crippen MR) is 70.5 cm³/mol. The highest BCUT2D eigenvalue weighted by atomic mass is 35.5. The average molecular weight is 259 g/mol. The summed E-state index contributed by atoms with van der Waals surface area (Å²) in [6.45, 7) is 3.25. The van der Waals surface area contributed by atoms with Crippen molar-refractivity contribution in [3.8, 4) is 0 Å². The fourth-order valence-corrected chi connectivity index (χ4v) is 2.53. The van der Waals surface area contributed by atoms with Crippen LogP contribution in [0.15, 0.2) is 18.2 Å². The van der Waals surface area contributed by atoms with Gasteiger partial charge in [-0.3, -0.25) is 0 Å². The summed E-state index contributed by atoms with van der Waals surface area (Å²) in [7, 11) is 0. The molecule has 1 aliphatic heterocycles. The Morgan fingerprint density at radius 3 is 2.38 bits per heavy atom. The normalized spacial score (nSPS) is 17.4. The third-order valence-electron chi connectivity index (χ3n) is 2.92. The Labute approximate surface area is 106 Å². The molecular weight excluding hydrogens is 243 g/mol. The molecule has 0 radical (unpaired) electrons. The van der Waals surface area contributed by atoms with Crippen LogP contribution in [0.3, 0.4) is 0 Å². The van der Waals surface area contributed by atoms with Crippen molar-refractivity contribution in [3.63, 3.8) is 0 Å². The summed E-state index contributed by atoms with van der Waals surface area (Å²) >= 11 is 11.9. The molecule has 0 unspecified atom stereocenters. The van der Waals surface area contributed by atoms with Gasteiger partial charge in [-0.15, -0.1) is 0 Å². The van der Waals surface area contributed by atoms with E-state index in [1.165, 1.54) is 12.8 Å². The Morgan fingerprint density at radius 1 is 1.12 bits per heavy atom. The van der Waals surface area contributed by atoms with Crippen LogP contribution in [0, 0.1) is 5.92 Å². The van der Waals surface area contributed by atoms with Crippen molar-refractivity contribution < 1.29 is 0 Å². The van der Waals surface area contributed by atoms with E-state index in [2.05, 4.69) is 10.6 Å². The molecule has 0 bridgehead atoms. The summed E-state index contributed by atoms with van der Waals surface area (Å²) in [4.78, 5) is 0. The molecule has 1 fully saturated rings. The first kappa shape index (κ1) is 12.0. The average Bonchev–Trinajstić information content (AvgIpc) is 2.27. The highest BCUT2D eigenvalue weighted by Gasteiger charge is 2.12. The van der Waals surface area contributed by atoms with Gasteiger partial charge in [-0.1, -0.05) is 23.2 Å². The Hall–Kier alpha value is -0.440. The van der Waals surface area contributed by atoms with Gasteiger partial charge >= 0.3 is 0 Å². The first-order valence-corrected chi connectivity index (χ1v) is 6.40. The van der Waals surface area contributed by atoms with Gasteiger partial charge in [-0.2, -0.15) is 0 Å². The summed E-state index contributed by atoms with van der Waals surface area (Å²) in [6.07, 6.45) is 2.47. The smallest absolute Gasteiger partial charge is 0.0441 e. The maximum Gasteiger partial charge on any atom is 0.0441 e. The van der Waals surface area contributed by atoms with Gasteiger partial charge in [-0.25, -0.2) is 0 Å². The van der Waals surface area contributed by atoms with Crippen LogP contribution in [0.1, 0.15) is 12.8 Å². The fourth-order valence-electron chi connectivity index (χ4n) is 2.00. The van der Waals surface area contributed by atoms with Crippen LogP contribution >= 0.6 is 23.2 Å². The number of hydrogen-bond donors (Lipinski definition) is 2. The zero-order valence-corrected chi connectivity index (χ0v) is 10.6. The summed E-state index contributed by atoms with van der Waals surface area (Å²) in [5.74, 6) is 0.749. The number of halogens is 2. The number of rotatable bonds is 3. The number of benzene rings is 1. The first-order valence-electron chi connectivity index (χ1n) is 5.65. The Bertz CT molecular complexity index is 329. The van der Waals surface area contributed by atoms with Gasteiger partial charge in [0.1, 0.15) is 0 Å². The van der Waals surface area contributed by atoms with Crippen LogP contribution in [-0.2, 0) is 0 Å². The van der Waals surface area contributed by atoms with Gasteiger partial charge in [-0.05, 0) is 50.0 Å². The molecule has 88 valence electrons. The minimum absolute atomic E-state index is 0.681. The number of anilines is 1. The number of hydrogen-bond acceptors (Lipinski definition) is 2. The molecule has 16 heavy (non-hydrogen) atoms. The van der Waals surface area contributed by atoms with Crippen molar-refractivity contribution in [1.29, 1.82) is 0 Å². The Kier molecular flexibility index (Phi) is 4.33. The lowest BCUT2D eigenvalue weighted by Gasteiger charge is -2.23. The predicted octanol–water partition coefficient (Wildman–Crippen LogP) is 3.40. The molecule has 1 heterocycles. The third-order valence-corrected chi connectivity index (χ3v) is 3.35. The van der Waals surface area contributed by atoms with Crippen LogP contribution in [0.2, 0.25) is 10.0 Å². The van der Waals surface area contributed by atoms with E-state index in [1.807, 2.05) is 12.1 Å². The molecular formula is C12H16Cl2N2. The maximum atomic E-state index is 5.94. The van der Waals surface area contributed by atoms with Gasteiger partial charge in [0.15, 0.2) is 0 Å². The minimum Gasteiger partial charge on any atom is -0.385 e. The Morgan fingerprint density at radius 2 is 1.75 bits per heavy atom. The zero-order valence-electron chi connectivity index (χ0n) is 9.10. The molecule has 4 heteroatoms. The van der Waals surface area contributed by atoms with Gasteiger partial charge in [0.2, 0.25) is 0 Å². The second-order valence-corrected chi connectivity index (χ2v) is 5.11.